The first-order chi connectivity index (χ1) is 18.8. The number of amides is 2. The Morgan fingerprint density at radius 1 is 0.975 bits per heavy atom. The van der Waals surface area contributed by atoms with E-state index in [1.807, 2.05) is 60.1 Å². The van der Waals surface area contributed by atoms with Gasteiger partial charge in [-0.05, 0) is 52.8 Å². The zero-order chi connectivity index (χ0) is 29.1. The summed E-state index contributed by atoms with van der Waals surface area (Å²) in [5.74, 6) is -1.28. The van der Waals surface area contributed by atoms with Gasteiger partial charge in [-0.1, -0.05) is 69.3 Å². The molecule has 0 radical (unpaired) electrons. The molecule has 1 heterocycles. The van der Waals surface area contributed by atoms with Crippen molar-refractivity contribution in [3.8, 4) is 0 Å². The summed E-state index contributed by atoms with van der Waals surface area (Å²) in [6.45, 7) is 6.21. The number of anilines is 1. The molecule has 0 aliphatic rings. The van der Waals surface area contributed by atoms with E-state index in [0.717, 1.165) is 27.7 Å². The van der Waals surface area contributed by atoms with Crippen LogP contribution in [0.25, 0.3) is 11.0 Å². The lowest BCUT2D eigenvalue weighted by Crippen LogP contribution is -2.28. The van der Waals surface area contributed by atoms with Crippen molar-refractivity contribution in [3.05, 3.63) is 95.1 Å². The minimum absolute atomic E-state index is 0.0267. The summed E-state index contributed by atoms with van der Waals surface area (Å²) >= 11 is 0. The number of nitrogens with zero attached hydrogens (tertiary/aromatic N) is 2. The average Bonchev–Trinajstić information content (AvgIpc) is 3.21. The van der Waals surface area contributed by atoms with Gasteiger partial charge in [-0.2, -0.15) is 8.42 Å². The van der Waals surface area contributed by atoms with Crippen LogP contribution in [0.3, 0.4) is 0 Å². The number of carbonyl (C=O) groups is 2. The standard InChI is InChI=1S/C30H34N4O5S/c1-30(2,3)23-15-13-21(14-16-23)24(28(36)33-29-32-25-7-5-6-8-26(25)34(29)4)19-20-9-11-22(12-10-20)27(35)31-17-18-40(37,38)39/h5-16,24H,17-19H2,1-4H3,(H,31,35)(H,32,33,36)(H,37,38,39). The number of carbonyl (C=O) groups excluding carboxylic acids is 2. The predicted molar refractivity (Wildman–Crippen MR) is 156 cm³/mol. The molecule has 4 rings (SSSR count). The van der Waals surface area contributed by atoms with E-state index in [1.165, 1.54) is 0 Å². The molecule has 4 aromatic rings. The van der Waals surface area contributed by atoms with Crippen molar-refractivity contribution in [3.63, 3.8) is 0 Å². The number of hydrogen-bond acceptors (Lipinski definition) is 5. The molecule has 1 aromatic heterocycles. The molecule has 210 valence electrons. The smallest absolute Gasteiger partial charge is 0.266 e. The van der Waals surface area contributed by atoms with Gasteiger partial charge in [0.2, 0.25) is 11.9 Å². The molecule has 0 spiro atoms. The van der Waals surface area contributed by atoms with Gasteiger partial charge in [0, 0.05) is 19.2 Å². The van der Waals surface area contributed by atoms with Crippen LogP contribution in [-0.2, 0) is 33.8 Å². The van der Waals surface area contributed by atoms with Crippen LogP contribution in [0.5, 0.6) is 0 Å². The van der Waals surface area contributed by atoms with E-state index in [1.54, 1.807) is 24.3 Å². The minimum Gasteiger partial charge on any atom is -0.351 e. The second-order valence-corrected chi connectivity index (χ2v) is 12.4. The van der Waals surface area contributed by atoms with Crippen molar-refractivity contribution in [2.24, 2.45) is 7.05 Å². The van der Waals surface area contributed by atoms with Crippen molar-refractivity contribution in [2.75, 3.05) is 17.6 Å². The Hall–Kier alpha value is -4.02. The minimum atomic E-state index is -4.16. The number of aromatic nitrogens is 2. The summed E-state index contributed by atoms with van der Waals surface area (Å²) < 4.78 is 32.5. The molecule has 1 atom stereocenters. The second kappa shape index (κ2) is 11.6. The Kier molecular flexibility index (Phi) is 8.41. The zero-order valence-corrected chi connectivity index (χ0v) is 23.8. The monoisotopic (exact) mass is 562 g/mol. The lowest BCUT2D eigenvalue weighted by Gasteiger charge is -2.21. The maximum atomic E-state index is 13.7. The molecule has 9 nitrogen and oxygen atoms in total. The summed E-state index contributed by atoms with van der Waals surface area (Å²) in [5.41, 5.74) is 4.88. The quantitative estimate of drug-likeness (QED) is 0.258. The first-order valence-corrected chi connectivity index (χ1v) is 14.6. The maximum Gasteiger partial charge on any atom is 0.266 e. The van der Waals surface area contributed by atoms with Crippen LogP contribution in [0, 0.1) is 0 Å². The van der Waals surface area contributed by atoms with Gasteiger partial charge in [-0.15, -0.1) is 0 Å². The lowest BCUT2D eigenvalue weighted by atomic mass is 9.84. The summed E-state index contributed by atoms with van der Waals surface area (Å²) in [4.78, 5) is 30.6. The van der Waals surface area contributed by atoms with Crippen LogP contribution in [0.15, 0.2) is 72.8 Å². The fourth-order valence-electron chi connectivity index (χ4n) is 4.46. The molecule has 3 aromatic carbocycles. The fourth-order valence-corrected chi connectivity index (χ4v) is 4.82. The number of fused-ring (bicyclic) bond motifs is 1. The molecule has 0 saturated carbocycles. The Bertz CT molecular complexity index is 1620. The molecule has 0 bridgehead atoms. The number of aryl methyl sites for hydroxylation is 1. The number of nitrogens with one attached hydrogen (secondary N) is 2. The first kappa shape index (κ1) is 29.0. The van der Waals surface area contributed by atoms with Gasteiger partial charge in [0.05, 0.1) is 22.7 Å². The third-order valence-electron chi connectivity index (χ3n) is 6.82. The first-order valence-electron chi connectivity index (χ1n) is 13.0. The van der Waals surface area contributed by atoms with Crippen LogP contribution in [0.1, 0.15) is 53.7 Å². The number of imidazole rings is 1. The molecule has 40 heavy (non-hydrogen) atoms. The molecule has 3 N–H and O–H groups in total. The Balaban J connectivity index is 1.56. The van der Waals surface area contributed by atoms with Crippen molar-refractivity contribution in [2.45, 2.75) is 38.5 Å². The number of hydrogen-bond donors (Lipinski definition) is 3. The molecule has 0 aliphatic carbocycles. The summed E-state index contributed by atoms with van der Waals surface area (Å²) in [6, 6.07) is 22.5. The third-order valence-corrected chi connectivity index (χ3v) is 7.54. The van der Waals surface area contributed by atoms with E-state index < -0.39 is 27.7 Å². The Morgan fingerprint density at radius 3 is 2.23 bits per heavy atom. The Labute approximate surface area is 234 Å². The highest BCUT2D eigenvalue weighted by Crippen LogP contribution is 2.28. The molecule has 0 fully saturated rings. The summed E-state index contributed by atoms with van der Waals surface area (Å²) in [6.07, 6.45) is 0.384. The number of rotatable bonds is 9. The largest absolute Gasteiger partial charge is 0.351 e. The number of benzene rings is 3. The van der Waals surface area contributed by atoms with E-state index in [2.05, 4.69) is 36.4 Å². The molecular weight excluding hydrogens is 528 g/mol. The molecule has 10 heteroatoms. The van der Waals surface area contributed by atoms with Crippen LogP contribution in [-0.4, -0.2) is 46.6 Å². The molecule has 0 aliphatic heterocycles. The Morgan fingerprint density at radius 2 is 1.62 bits per heavy atom. The fraction of sp³-hybridized carbons (Fsp3) is 0.300. The van der Waals surface area contributed by atoms with E-state index in [4.69, 9.17) is 4.55 Å². The van der Waals surface area contributed by atoms with Crippen molar-refractivity contribution >= 4 is 38.9 Å². The molecule has 2 amide bonds. The van der Waals surface area contributed by atoms with E-state index in [9.17, 15) is 18.0 Å². The van der Waals surface area contributed by atoms with Crippen molar-refractivity contribution < 1.29 is 22.6 Å². The van der Waals surface area contributed by atoms with Gasteiger partial charge in [0.15, 0.2) is 0 Å². The molecule has 1 unspecified atom stereocenters. The van der Waals surface area contributed by atoms with Crippen LogP contribution < -0.4 is 10.6 Å². The number of para-hydroxylation sites is 2. The summed E-state index contributed by atoms with van der Waals surface area (Å²) in [5, 5.41) is 5.48. The van der Waals surface area contributed by atoms with Gasteiger partial charge in [0.1, 0.15) is 0 Å². The van der Waals surface area contributed by atoms with E-state index in [0.29, 0.717) is 17.9 Å². The van der Waals surface area contributed by atoms with Gasteiger partial charge in [-0.3, -0.25) is 19.5 Å². The van der Waals surface area contributed by atoms with Crippen molar-refractivity contribution in [1.29, 1.82) is 0 Å². The molecule has 0 saturated heterocycles. The van der Waals surface area contributed by atoms with Gasteiger partial charge < -0.3 is 9.88 Å². The normalized spacial score (nSPS) is 12.7. The lowest BCUT2D eigenvalue weighted by molar-refractivity contribution is -0.117. The topological polar surface area (TPSA) is 130 Å². The summed E-state index contributed by atoms with van der Waals surface area (Å²) in [7, 11) is -2.30. The second-order valence-electron chi connectivity index (χ2n) is 10.8. The van der Waals surface area contributed by atoms with Gasteiger partial charge in [0.25, 0.3) is 16.0 Å². The van der Waals surface area contributed by atoms with Gasteiger partial charge in [-0.25, -0.2) is 4.98 Å². The van der Waals surface area contributed by atoms with Crippen LogP contribution in [0.4, 0.5) is 5.95 Å². The predicted octanol–water partition coefficient (Wildman–Crippen LogP) is 4.45. The highest BCUT2D eigenvalue weighted by atomic mass is 32.2. The van der Waals surface area contributed by atoms with Crippen LogP contribution in [0.2, 0.25) is 0 Å². The third kappa shape index (κ3) is 7.13. The van der Waals surface area contributed by atoms with E-state index in [-0.39, 0.29) is 17.9 Å². The highest BCUT2D eigenvalue weighted by molar-refractivity contribution is 7.85. The highest BCUT2D eigenvalue weighted by Gasteiger charge is 2.24. The molecular formula is C30H34N4O5S. The maximum absolute atomic E-state index is 13.7. The zero-order valence-electron chi connectivity index (χ0n) is 23.0. The van der Waals surface area contributed by atoms with Gasteiger partial charge >= 0.3 is 0 Å². The van der Waals surface area contributed by atoms with E-state index >= 15 is 0 Å². The van der Waals surface area contributed by atoms with Crippen molar-refractivity contribution in [1.82, 2.24) is 14.9 Å². The average molecular weight is 563 g/mol. The van der Waals surface area contributed by atoms with Crippen LogP contribution >= 0.6 is 0 Å². The SMILES string of the molecule is Cn1c(NC(=O)C(Cc2ccc(C(=O)NCCS(=O)(=O)O)cc2)c2ccc(C(C)(C)C)cc2)nc2ccccc21.